The van der Waals surface area contributed by atoms with Crippen molar-refractivity contribution in [3.63, 3.8) is 0 Å². The Hall–Kier alpha value is -2.05. The molecule has 1 aromatic rings. The number of carbonyl (C=O) groups excluding carboxylic acids is 2. The van der Waals surface area contributed by atoms with Crippen LogP contribution in [0.15, 0.2) is 0 Å². The molecule has 1 saturated heterocycles. The van der Waals surface area contributed by atoms with E-state index < -0.39 is 6.03 Å². The van der Waals surface area contributed by atoms with Crippen molar-refractivity contribution >= 4 is 11.9 Å². The number of hydrogen-bond donors (Lipinski definition) is 2. The van der Waals surface area contributed by atoms with E-state index in [4.69, 9.17) is 5.73 Å². The molecule has 0 bridgehead atoms. The highest BCUT2D eigenvalue weighted by Crippen LogP contribution is 2.39. The molecule has 2 aliphatic heterocycles. The van der Waals surface area contributed by atoms with Gasteiger partial charge in [-0.15, -0.1) is 0 Å². The summed E-state index contributed by atoms with van der Waals surface area (Å²) in [5.74, 6) is 0.589. The minimum atomic E-state index is -0.489. The number of fused-ring (bicyclic) bond motifs is 1. The lowest BCUT2D eigenvalue weighted by molar-refractivity contribution is -0.136. The molecule has 0 unspecified atom stereocenters. The molecule has 124 valence electrons. The number of amides is 3. The summed E-state index contributed by atoms with van der Waals surface area (Å²) in [4.78, 5) is 27.8. The maximum atomic E-state index is 12.9. The maximum Gasteiger partial charge on any atom is 0.315 e. The minimum Gasteiger partial charge on any atom is -0.351 e. The zero-order valence-corrected chi connectivity index (χ0v) is 13.3. The second-order valence-electron chi connectivity index (χ2n) is 6.89. The quantitative estimate of drug-likeness (QED) is 0.855. The second-order valence-corrected chi connectivity index (χ2v) is 6.89. The van der Waals surface area contributed by atoms with Crippen molar-refractivity contribution in [3.05, 3.63) is 17.0 Å². The van der Waals surface area contributed by atoms with Gasteiger partial charge in [0.25, 0.3) is 0 Å². The first kappa shape index (κ1) is 14.5. The molecule has 1 aliphatic carbocycles. The van der Waals surface area contributed by atoms with Crippen molar-refractivity contribution in [2.24, 2.45) is 5.73 Å². The first-order chi connectivity index (χ1) is 11.1. The highest BCUT2D eigenvalue weighted by Gasteiger charge is 2.38. The largest absolute Gasteiger partial charge is 0.351 e. The standard InChI is InChI=1S/C16H23N5O2/c17-16(23)21-7-2-5-13(21)15(22)20-8-6-12-11(9-20)14(19-18-12)10-3-1-4-10/h10,13H,1-9H2,(H2,17,23)(H,18,19)/t13-/m1/s1. The molecule has 3 heterocycles. The number of rotatable bonds is 2. The van der Waals surface area contributed by atoms with Gasteiger partial charge in [-0.05, 0) is 25.7 Å². The van der Waals surface area contributed by atoms with E-state index in [9.17, 15) is 9.59 Å². The van der Waals surface area contributed by atoms with E-state index in [0.29, 0.717) is 32.0 Å². The third-order valence-electron chi connectivity index (χ3n) is 5.59. The summed E-state index contributed by atoms with van der Waals surface area (Å²) in [5.41, 5.74) is 8.94. The summed E-state index contributed by atoms with van der Waals surface area (Å²) in [6.45, 7) is 1.88. The lowest BCUT2D eigenvalue weighted by atomic mass is 9.80. The first-order valence-electron chi connectivity index (χ1n) is 8.56. The van der Waals surface area contributed by atoms with Crippen molar-refractivity contribution < 1.29 is 9.59 Å². The smallest absolute Gasteiger partial charge is 0.315 e. The summed E-state index contributed by atoms with van der Waals surface area (Å²) < 4.78 is 0. The van der Waals surface area contributed by atoms with Gasteiger partial charge in [-0.3, -0.25) is 9.89 Å². The number of nitrogens with zero attached hydrogens (tertiary/aromatic N) is 3. The number of aromatic amines is 1. The van der Waals surface area contributed by atoms with Gasteiger partial charge in [0.05, 0.1) is 5.69 Å². The average Bonchev–Trinajstić information content (AvgIpc) is 3.11. The van der Waals surface area contributed by atoms with Gasteiger partial charge in [0.1, 0.15) is 6.04 Å². The van der Waals surface area contributed by atoms with Gasteiger partial charge in [-0.25, -0.2) is 4.79 Å². The van der Waals surface area contributed by atoms with Gasteiger partial charge in [0, 0.05) is 43.2 Å². The number of hydrogen-bond acceptors (Lipinski definition) is 3. The van der Waals surface area contributed by atoms with E-state index in [1.165, 1.54) is 35.4 Å². The molecule has 0 radical (unpaired) electrons. The molecule has 3 amide bonds. The highest BCUT2D eigenvalue weighted by molar-refractivity contribution is 5.87. The van der Waals surface area contributed by atoms with Crippen molar-refractivity contribution in [1.82, 2.24) is 20.0 Å². The third-order valence-corrected chi connectivity index (χ3v) is 5.59. The molecular weight excluding hydrogens is 294 g/mol. The van der Waals surface area contributed by atoms with Crippen LogP contribution in [0.2, 0.25) is 0 Å². The van der Waals surface area contributed by atoms with Crippen molar-refractivity contribution in [2.75, 3.05) is 13.1 Å². The Bertz CT molecular complexity index is 636. The van der Waals surface area contributed by atoms with E-state index in [2.05, 4.69) is 10.2 Å². The van der Waals surface area contributed by atoms with E-state index in [1.54, 1.807) is 0 Å². The van der Waals surface area contributed by atoms with Crippen LogP contribution in [0, 0.1) is 0 Å². The number of urea groups is 1. The van der Waals surface area contributed by atoms with Crippen LogP contribution in [0.3, 0.4) is 0 Å². The van der Waals surface area contributed by atoms with Gasteiger partial charge in [0.2, 0.25) is 5.91 Å². The molecule has 0 aromatic carbocycles. The topological polar surface area (TPSA) is 95.3 Å². The van der Waals surface area contributed by atoms with Crippen molar-refractivity contribution in [1.29, 1.82) is 0 Å². The molecule has 7 heteroatoms. The molecular formula is C16H23N5O2. The van der Waals surface area contributed by atoms with Crippen LogP contribution in [0.1, 0.15) is 55.0 Å². The zero-order valence-electron chi connectivity index (χ0n) is 13.3. The molecule has 1 saturated carbocycles. The number of primary amides is 1. The second kappa shape index (κ2) is 5.54. The fraction of sp³-hybridized carbons (Fsp3) is 0.688. The van der Waals surface area contributed by atoms with E-state index in [0.717, 1.165) is 18.5 Å². The number of H-pyrrole nitrogens is 1. The monoisotopic (exact) mass is 317 g/mol. The van der Waals surface area contributed by atoms with Crippen LogP contribution in [-0.4, -0.2) is 51.1 Å². The zero-order chi connectivity index (χ0) is 16.0. The molecule has 3 aliphatic rings. The SMILES string of the molecule is NC(=O)N1CCC[C@@H]1C(=O)N1CCc2[nH]nc(C3CCC3)c2C1. The molecule has 1 aromatic heterocycles. The predicted octanol–water partition coefficient (Wildman–Crippen LogP) is 1.10. The van der Waals surface area contributed by atoms with Gasteiger partial charge in [-0.2, -0.15) is 5.10 Å². The minimum absolute atomic E-state index is 0.0349. The van der Waals surface area contributed by atoms with Crippen LogP contribution in [0.4, 0.5) is 4.79 Å². The predicted molar refractivity (Wildman–Crippen MR) is 83.6 cm³/mol. The lowest BCUT2D eigenvalue weighted by Crippen LogP contribution is -2.50. The van der Waals surface area contributed by atoms with E-state index in [1.807, 2.05) is 4.90 Å². The molecule has 2 fully saturated rings. The van der Waals surface area contributed by atoms with Gasteiger partial charge in [-0.1, -0.05) is 6.42 Å². The fourth-order valence-corrected chi connectivity index (χ4v) is 4.02. The average molecular weight is 317 g/mol. The number of aromatic nitrogens is 2. The van der Waals surface area contributed by atoms with Crippen LogP contribution >= 0.6 is 0 Å². The maximum absolute atomic E-state index is 12.9. The number of likely N-dealkylation sites (tertiary alicyclic amines) is 1. The lowest BCUT2D eigenvalue weighted by Gasteiger charge is -2.33. The number of nitrogens with one attached hydrogen (secondary N) is 1. The molecule has 1 atom stereocenters. The Labute approximate surface area is 135 Å². The van der Waals surface area contributed by atoms with Gasteiger partial charge < -0.3 is 15.5 Å². The Balaban J connectivity index is 1.52. The number of carbonyl (C=O) groups is 2. The van der Waals surface area contributed by atoms with Crippen molar-refractivity contribution in [3.8, 4) is 0 Å². The van der Waals surface area contributed by atoms with E-state index >= 15 is 0 Å². The molecule has 7 nitrogen and oxygen atoms in total. The molecule has 0 spiro atoms. The van der Waals surface area contributed by atoms with Gasteiger partial charge in [0.15, 0.2) is 0 Å². The number of nitrogens with two attached hydrogens (primary N) is 1. The van der Waals surface area contributed by atoms with Crippen LogP contribution < -0.4 is 5.73 Å². The summed E-state index contributed by atoms with van der Waals surface area (Å²) in [6, 6.07) is -0.870. The molecule has 23 heavy (non-hydrogen) atoms. The van der Waals surface area contributed by atoms with E-state index in [-0.39, 0.29) is 11.9 Å². The Morgan fingerprint density at radius 1 is 1.17 bits per heavy atom. The summed E-state index contributed by atoms with van der Waals surface area (Å²) in [5, 5.41) is 7.67. The Morgan fingerprint density at radius 3 is 2.70 bits per heavy atom. The Kier molecular flexibility index (Phi) is 3.50. The van der Waals surface area contributed by atoms with Gasteiger partial charge >= 0.3 is 6.03 Å². The first-order valence-corrected chi connectivity index (χ1v) is 8.56. The Morgan fingerprint density at radius 2 is 2.00 bits per heavy atom. The third kappa shape index (κ3) is 2.38. The normalized spacial score (nSPS) is 24.4. The van der Waals surface area contributed by atoms with Crippen molar-refractivity contribution in [2.45, 2.75) is 57.0 Å². The van der Waals surface area contributed by atoms with Crippen LogP contribution in [0.5, 0.6) is 0 Å². The molecule has 4 rings (SSSR count). The highest BCUT2D eigenvalue weighted by atomic mass is 16.2. The van der Waals surface area contributed by atoms with Crippen LogP contribution in [0.25, 0.3) is 0 Å². The summed E-state index contributed by atoms with van der Waals surface area (Å²) >= 11 is 0. The van der Waals surface area contributed by atoms with Crippen LogP contribution in [-0.2, 0) is 17.8 Å². The summed E-state index contributed by atoms with van der Waals surface area (Å²) in [6.07, 6.45) is 6.03. The summed E-state index contributed by atoms with van der Waals surface area (Å²) in [7, 11) is 0. The fourth-order valence-electron chi connectivity index (χ4n) is 4.02. The molecule has 3 N–H and O–H groups in total.